The molecule has 0 fully saturated rings. The monoisotopic (exact) mass is 375 g/mol. The molecule has 3 heterocycles. The van der Waals surface area contributed by atoms with Crippen LogP contribution in [0.4, 0.5) is 0 Å². The average molecular weight is 375 g/mol. The van der Waals surface area contributed by atoms with Crippen molar-refractivity contribution < 1.29 is 13.7 Å². The molecule has 0 aliphatic carbocycles. The Bertz CT molecular complexity index is 1160. The molecular weight excluding hydrogens is 354 g/mol. The Morgan fingerprint density at radius 3 is 2.68 bits per heavy atom. The molecule has 1 amide bonds. The third-order valence-electron chi connectivity index (χ3n) is 4.87. The summed E-state index contributed by atoms with van der Waals surface area (Å²) in [5.74, 6) is 0.353. The molecule has 142 valence electrons. The van der Waals surface area contributed by atoms with Crippen LogP contribution in [-0.4, -0.2) is 16.0 Å². The number of furan rings is 1. The van der Waals surface area contributed by atoms with Crippen molar-refractivity contribution in [2.45, 2.75) is 33.7 Å². The van der Waals surface area contributed by atoms with Crippen LogP contribution in [0, 0.1) is 20.8 Å². The van der Waals surface area contributed by atoms with Crippen molar-refractivity contribution in [3.05, 3.63) is 70.6 Å². The van der Waals surface area contributed by atoms with Crippen molar-refractivity contribution in [2.75, 3.05) is 0 Å². The maximum absolute atomic E-state index is 13.2. The number of hydrogen-bond donors (Lipinski definition) is 1. The van der Waals surface area contributed by atoms with E-state index in [2.05, 4.69) is 47.5 Å². The van der Waals surface area contributed by atoms with Gasteiger partial charge < -0.3 is 14.3 Å². The molecule has 0 spiro atoms. The topological polar surface area (TPSA) is 81.2 Å². The van der Waals surface area contributed by atoms with E-state index >= 15 is 0 Å². The zero-order chi connectivity index (χ0) is 19.8. The molecule has 4 rings (SSSR count). The van der Waals surface area contributed by atoms with Gasteiger partial charge in [0.15, 0.2) is 5.76 Å². The van der Waals surface area contributed by atoms with Crippen LogP contribution in [0.15, 0.2) is 51.6 Å². The fourth-order valence-corrected chi connectivity index (χ4v) is 3.49. The van der Waals surface area contributed by atoms with Gasteiger partial charge in [0.1, 0.15) is 5.69 Å². The minimum atomic E-state index is -0.209. The van der Waals surface area contributed by atoms with Gasteiger partial charge in [0.25, 0.3) is 11.6 Å². The Hall–Kier alpha value is -3.41. The van der Waals surface area contributed by atoms with E-state index in [1.807, 2.05) is 6.92 Å². The molecule has 0 saturated heterocycles. The highest BCUT2D eigenvalue weighted by atomic mass is 16.5. The Kier molecular flexibility index (Phi) is 4.47. The highest BCUT2D eigenvalue weighted by Gasteiger charge is 2.22. The molecule has 0 bridgehead atoms. The number of hydrogen-bond acceptors (Lipinski definition) is 5. The summed E-state index contributed by atoms with van der Waals surface area (Å²) in [4.78, 5) is 17.6. The summed E-state index contributed by atoms with van der Waals surface area (Å²) in [5, 5.41) is 7.67. The van der Waals surface area contributed by atoms with E-state index in [9.17, 15) is 4.79 Å². The second-order valence-electron chi connectivity index (χ2n) is 7.04. The Morgan fingerprint density at radius 1 is 1.14 bits per heavy atom. The molecule has 0 aliphatic rings. The van der Waals surface area contributed by atoms with Crippen LogP contribution in [0.2, 0.25) is 0 Å². The number of pyridine rings is 1. The second-order valence-corrected chi connectivity index (χ2v) is 7.04. The molecule has 6 nitrogen and oxygen atoms in total. The van der Waals surface area contributed by atoms with E-state index in [0.29, 0.717) is 33.8 Å². The predicted molar refractivity (Wildman–Crippen MR) is 106 cm³/mol. The number of aromatic nitrogens is 2. The van der Waals surface area contributed by atoms with Crippen LogP contribution in [-0.2, 0) is 0 Å². The van der Waals surface area contributed by atoms with Crippen molar-refractivity contribution in [2.24, 2.45) is 0 Å². The van der Waals surface area contributed by atoms with Gasteiger partial charge >= 0.3 is 0 Å². The SMILES string of the molecule is Cc1ccc(C(C)NC(=O)c2cc(-c3ccco3)nc3onc(C)c23)c(C)c1. The van der Waals surface area contributed by atoms with Crippen LogP contribution in [0.1, 0.15) is 45.7 Å². The molecule has 1 atom stereocenters. The van der Waals surface area contributed by atoms with E-state index in [-0.39, 0.29) is 11.9 Å². The molecule has 3 aromatic heterocycles. The van der Waals surface area contributed by atoms with Crippen molar-refractivity contribution in [1.29, 1.82) is 0 Å². The van der Waals surface area contributed by atoms with Gasteiger partial charge in [-0.05, 0) is 57.0 Å². The van der Waals surface area contributed by atoms with Crippen molar-refractivity contribution >= 4 is 17.0 Å². The summed E-state index contributed by atoms with van der Waals surface area (Å²) in [6.07, 6.45) is 1.56. The summed E-state index contributed by atoms with van der Waals surface area (Å²) >= 11 is 0. The van der Waals surface area contributed by atoms with Crippen LogP contribution >= 0.6 is 0 Å². The molecule has 0 aliphatic heterocycles. The lowest BCUT2D eigenvalue weighted by Gasteiger charge is -2.17. The zero-order valence-corrected chi connectivity index (χ0v) is 16.2. The first-order valence-electron chi connectivity index (χ1n) is 9.13. The van der Waals surface area contributed by atoms with Crippen molar-refractivity contribution in [3.8, 4) is 11.5 Å². The van der Waals surface area contributed by atoms with Gasteiger partial charge in [0.05, 0.1) is 28.9 Å². The van der Waals surface area contributed by atoms with E-state index < -0.39 is 0 Å². The fraction of sp³-hybridized carbons (Fsp3) is 0.227. The van der Waals surface area contributed by atoms with Gasteiger partial charge in [-0.3, -0.25) is 4.79 Å². The average Bonchev–Trinajstić information content (AvgIpc) is 3.31. The summed E-state index contributed by atoms with van der Waals surface area (Å²) < 4.78 is 10.7. The van der Waals surface area contributed by atoms with E-state index in [4.69, 9.17) is 8.94 Å². The standard InChI is InChI=1S/C22H21N3O3/c1-12-7-8-16(13(2)10-12)14(3)23-21(26)17-11-18(19-6-5-9-27-19)24-22-20(17)15(4)25-28-22/h5-11,14H,1-4H3,(H,23,26). The number of nitrogens with zero attached hydrogens (tertiary/aromatic N) is 2. The maximum atomic E-state index is 13.2. The first-order chi connectivity index (χ1) is 13.4. The van der Waals surface area contributed by atoms with Gasteiger partial charge in [0.2, 0.25) is 0 Å². The maximum Gasteiger partial charge on any atom is 0.259 e. The number of fused-ring (bicyclic) bond motifs is 1. The Balaban J connectivity index is 1.73. The number of carbonyl (C=O) groups excluding carboxylic acids is 1. The molecular formula is C22H21N3O3. The lowest BCUT2D eigenvalue weighted by molar-refractivity contribution is 0.0941. The van der Waals surface area contributed by atoms with E-state index in [0.717, 1.165) is 11.1 Å². The van der Waals surface area contributed by atoms with E-state index in [1.165, 1.54) is 5.56 Å². The smallest absolute Gasteiger partial charge is 0.259 e. The van der Waals surface area contributed by atoms with Crippen LogP contribution in [0.25, 0.3) is 22.6 Å². The quantitative estimate of drug-likeness (QED) is 0.549. The molecule has 4 aromatic rings. The summed E-state index contributed by atoms with van der Waals surface area (Å²) in [5.41, 5.74) is 5.35. The van der Waals surface area contributed by atoms with Crippen molar-refractivity contribution in [1.82, 2.24) is 15.5 Å². The second kappa shape index (κ2) is 6.96. The lowest BCUT2D eigenvalue weighted by atomic mass is 9.99. The van der Waals surface area contributed by atoms with Crippen LogP contribution in [0.5, 0.6) is 0 Å². The third-order valence-corrected chi connectivity index (χ3v) is 4.87. The molecule has 1 N–H and O–H groups in total. The van der Waals surface area contributed by atoms with Gasteiger partial charge in [0, 0.05) is 0 Å². The normalized spacial score (nSPS) is 12.3. The van der Waals surface area contributed by atoms with E-state index in [1.54, 1.807) is 31.4 Å². The molecule has 0 radical (unpaired) electrons. The summed E-state index contributed by atoms with van der Waals surface area (Å²) in [6, 6.07) is 11.3. The van der Waals surface area contributed by atoms with Gasteiger partial charge in [-0.1, -0.05) is 28.9 Å². The van der Waals surface area contributed by atoms with Gasteiger partial charge in [-0.2, -0.15) is 0 Å². The summed E-state index contributed by atoms with van der Waals surface area (Å²) in [7, 11) is 0. The molecule has 28 heavy (non-hydrogen) atoms. The number of amides is 1. The van der Waals surface area contributed by atoms with Crippen molar-refractivity contribution in [3.63, 3.8) is 0 Å². The Labute approximate surface area is 162 Å². The predicted octanol–water partition coefficient (Wildman–Crippen LogP) is 4.90. The highest BCUT2D eigenvalue weighted by molar-refractivity contribution is 6.07. The first-order valence-corrected chi connectivity index (χ1v) is 9.13. The molecule has 0 saturated carbocycles. The van der Waals surface area contributed by atoms with Gasteiger partial charge in [-0.25, -0.2) is 4.98 Å². The zero-order valence-electron chi connectivity index (χ0n) is 16.2. The minimum Gasteiger partial charge on any atom is -0.463 e. The molecule has 6 heteroatoms. The third kappa shape index (κ3) is 3.17. The number of aryl methyl sites for hydroxylation is 3. The van der Waals surface area contributed by atoms with Gasteiger partial charge in [-0.15, -0.1) is 0 Å². The number of rotatable bonds is 4. The highest BCUT2D eigenvalue weighted by Crippen LogP contribution is 2.28. The molecule has 1 unspecified atom stereocenters. The minimum absolute atomic E-state index is 0.149. The fourth-order valence-electron chi connectivity index (χ4n) is 3.49. The molecule has 1 aromatic carbocycles. The van der Waals surface area contributed by atoms with Crippen LogP contribution in [0.3, 0.4) is 0 Å². The first kappa shape index (κ1) is 18.0. The number of benzene rings is 1. The number of nitrogens with one attached hydrogen (secondary N) is 1. The van der Waals surface area contributed by atoms with Crippen LogP contribution < -0.4 is 5.32 Å². The largest absolute Gasteiger partial charge is 0.463 e. The lowest BCUT2D eigenvalue weighted by Crippen LogP contribution is -2.27. The number of carbonyl (C=O) groups is 1. The Morgan fingerprint density at radius 2 is 1.96 bits per heavy atom. The summed E-state index contributed by atoms with van der Waals surface area (Å²) in [6.45, 7) is 7.87.